The van der Waals surface area contributed by atoms with Crippen LogP contribution in [0.4, 0.5) is 0 Å². The number of pyridine rings is 1. The van der Waals surface area contributed by atoms with Gasteiger partial charge in [-0.2, -0.15) is 4.57 Å². The van der Waals surface area contributed by atoms with Crippen molar-refractivity contribution in [3.05, 3.63) is 48.7 Å². The molecule has 84 valence electrons. The van der Waals surface area contributed by atoms with Crippen LogP contribution in [0.2, 0.25) is 0 Å². The van der Waals surface area contributed by atoms with Gasteiger partial charge < -0.3 is 17.5 Å². The molecule has 0 saturated heterocycles. The van der Waals surface area contributed by atoms with E-state index in [-0.39, 0.29) is 18.2 Å². The summed E-state index contributed by atoms with van der Waals surface area (Å²) < 4.78 is 1.91. The molecule has 0 unspecified atom stereocenters. The van der Waals surface area contributed by atoms with Gasteiger partial charge >= 0.3 is 0 Å². The molecule has 0 radical (unpaired) electrons. The number of nitrogens with zero attached hydrogens (tertiary/aromatic N) is 1. The van der Waals surface area contributed by atoms with Gasteiger partial charge in [-0.25, -0.2) is 0 Å². The highest BCUT2D eigenvalue weighted by Crippen LogP contribution is 2.19. The lowest BCUT2D eigenvalue weighted by Crippen LogP contribution is -3.00. The maximum Gasteiger partial charge on any atom is 0.223 e. The van der Waals surface area contributed by atoms with Gasteiger partial charge in [0.25, 0.3) is 0 Å². The molecule has 2 nitrogen and oxygen atoms in total. The van der Waals surface area contributed by atoms with Crippen LogP contribution < -0.4 is 17.0 Å². The Labute approximate surface area is 106 Å². The number of rotatable bonds is 2. The Morgan fingerprint density at radius 1 is 1.12 bits per heavy atom. The fourth-order valence-corrected chi connectivity index (χ4v) is 1.72. The van der Waals surface area contributed by atoms with Crippen LogP contribution in [0, 0.1) is 0 Å². The van der Waals surface area contributed by atoms with Crippen LogP contribution >= 0.6 is 11.6 Å². The number of halogens is 2. The molecule has 1 heterocycles. The molecule has 0 atom stereocenters. The van der Waals surface area contributed by atoms with Crippen LogP contribution in [0.1, 0.15) is 0 Å². The Hall–Kier alpha value is -1.25. The quantitative estimate of drug-likeness (QED) is 0.571. The van der Waals surface area contributed by atoms with Gasteiger partial charge in [-0.1, -0.05) is 17.7 Å². The van der Waals surface area contributed by atoms with E-state index < -0.39 is 0 Å². The molecule has 1 aromatic heterocycles. The van der Waals surface area contributed by atoms with Gasteiger partial charge in [0.15, 0.2) is 6.20 Å². The molecule has 0 aliphatic carbocycles. The van der Waals surface area contributed by atoms with Crippen molar-refractivity contribution >= 4 is 11.6 Å². The zero-order valence-corrected chi connectivity index (χ0v) is 9.99. The average Bonchev–Trinajstić information content (AvgIpc) is 2.29. The van der Waals surface area contributed by atoms with Gasteiger partial charge in [0.05, 0.1) is 0 Å². The fourth-order valence-electron chi connectivity index (χ4n) is 1.51. The highest BCUT2D eigenvalue weighted by molar-refractivity contribution is 6.14. The number of phenols is 1. The van der Waals surface area contributed by atoms with Gasteiger partial charge in [0, 0.05) is 17.7 Å². The lowest BCUT2D eigenvalue weighted by atomic mass is 10.1. The number of alkyl halides is 1. The lowest BCUT2D eigenvalue weighted by molar-refractivity contribution is -0.667. The average molecular weight is 256 g/mol. The van der Waals surface area contributed by atoms with E-state index in [1.807, 2.05) is 41.1 Å². The van der Waals surface area contributed by atoms with Crippen molar-refractivity contribution < 1.29 is 22.1 Å². The van der Waals surface area contributed by atoms with Crippen molar-refractivity contribution in [2.75, 3.05) is 0 Å². The topological polar surface area (TPSA) is 24.1 Å². The summed E-state index contributed by atoms with van der Waals surface area (Å²) in [5.41, 5.74) is 1.94. The molecule has 16 heavy (non-hydrogen) atoms. The van der Waals surface area contributed by atoms with Crippen molar-refractivity contribution in [3.63, 3.8) is 0 Å². The van der Waals surface area contributed by atoms with E-state index in [1.165, 1.54) is 0 Å². The van der Waals surface area contributed by atoms with Crippen molar-refractivity contribution in [1.82, 2.24) is 0 Å². The molecule has 4 heteroatoms. The predicted octanol–water partition coefficient (Wildman–Crippen LogP) is -0.453. The summed E-state index contributed by atoms with van der Waals surface area (Å²) in [5.74, 6) is 0.262. The van der Waals surface area contributed by atoms with Gasteiger partial charge in [-0.05, 0) is 24.3 Å². The number of benzene rings is 1. The minimum Gasteiger partial charge on any atom is -1.00 e. The normalized spacial score (nSPS) is 9.56. The van der Waals surface area contributed by atoms with Gasteiger partial charge in [-0.3, -0.25) is 0 Å². The third-order valence-corrected chi connectivity index (χ3v) is 2.47. The van der Waals surface area contributed by atoms with Crippen LogP contribution in [-0.4, -0.2) is 5.11 Å². The highest BCUT2D eigenvalue weighted by atomic mass is 35.5. The first-order valence-electron chi connectivity index (χ1n) is 4.65. The third kappa shape index (κ3) is 2.65. The Morgan fingerprint density at radius 2 is 1.94 bits per heavy atom. The van der Waals surface area contributed by atoms with E-state index in [4.69, 9.17) is 11.6 Å². The van der Waals surface area contributed by atoms with E-state index in [9.17, 15) is 5.11 Å². The number of phenolic OH excluding ortho intramolecular Hbond substituents is 1. The predicted molar refractivity (Wildman–Crippen MR) is 59.6 cm³/mol. The van der Waals surface area contributed by atoms with Crippen LogP contribution in [0.15, 0.2) is 48.7 Å². The maximum absolute atomic E-state index is 9.40. The molecule has 0 aliphatic rings. The largest absolute Gasteiger partial charge is 1.00 e. The zero-order valence-electron chi connectivity index (χ0n) is 8.48. The monoisotopic (exact) mass is 255 g/mol. The minimum atomic E-state index is 0. The first-order valence-corrected chi connectivity index (χ1v) is 5.18. The van der Waals surface area contributed by atoms with Crippen molar-refractivity contribution in [1.29, 1.82) is 0 Å². The smallest absolute Gasteiger partial charge is 0.223 e. The van der Waals surface area contributed by atoms with Gasteiger partial charge in [0.1, 0.15) is 5.75 Å². The summed E-state index contributed by atoms with van der Waals surface area (Å²) in [7, 11) is 0. The molecule has 0 bridgehead atoms. The molecular weight excluding hydrogens is 245 g/mol. The van der Waals surface area contributed by atoms with Gasteiger partial charge in [-0.15, -0.1) is 0 Å². The molecule has 2 rings (SSSR count). The number of aromatic nitrogens is 1. The lowest BCUT2D eigenvalue weighted by Gasteiger charge is -2.01. The SMILES string of the molecule is Oc1cccc(-c2cccc[n+]2CCl)c1.[Cl-]. The molecule has 0 amide bonds. The summed E-state index contributed by atoms with van der Waals surface area (Å²) in [5, 5.41) is 9.40. The van der Waals surface area contributed by atoms with Crippen LogP contribution in [0.5, 0.6) is 5.75 Å². The van der Waals surface area contributed by atoms with Crippen molar-refractivity contribution in [2.24, 2.45) is 0 Å². The summed E-state index contributed by atoms with van der Waals surface area (Å²) in [4.78, 5) is 0. The molecule has 1 N–H and O–H groups in total. The molecule has 2 aromatic rings. The van der Waals surface area contributed by atoms with Crippen LogP contribution in [-0.2, 0) is 6.00 Å². The van der Waals surface area contributed by atoms with E-state index in [2.05, 4.69) is 0 Å². The highest BCUT2D eigenvalue weighted by Gasteiger charge is 2.10. The van der Waals surface area contributed by atoms with Crippen molar-refractivity contribution in [3.8, 4) is 17.0 Å². The van der Waals surface area contributed by atoms with E-state index >= 15 is 0 Å². The van der Waals surface area contributed by atoms with E-state index in [0.29, 0.717) is 6.00 Å². The fraction of sp³-hybridized carbons (Fsp3) is 0.0833. The number of aromatic hydroxyl groups is 1. The number of hydrogen-bond donors (Lipinski definition) is 1. The molecule has 1 aromatic carbocycles. The Balaban J connectivity index is 0.00000128. The molecule has 0 aliphatic heterocycles. The van der Waals surface area contributed by atoms with Gasteiger partial charge in [0.2, 0.25) is 11.7 Å². The second-order valence-electron chi connectivity index (χ2n) is 3.23. The summed E-state index contributed by atoms with van der Waals surface area (Å²) in [6.07, 6.45) is 1.91. The Kier molecular flexibility index (Phi) is 4.59. The summed E-state index contributed by atoms with van der Waals surface area (Å²) in [6.45, 7) is 0. The molecule has 0 saturated carbocycles. The van der Waals surface area contributed by atoms with Crippen molar-refractivity contribution in [2.45, 2.75) is 6.00 Å². The molecule has 0 fully saturated rings. The second-order valence-corrected chi connectivity index (χ2v) is 3.46. The maximum atomic E-state index is 9.40. The first-order chi connectivity index (χ1) is 7.31. The van der Waals surface area contributed by atoms with E-state index in [1.54, 1.807) is 12.1 Å². The standard InChI is InChI=1S/C12H10ClNO.ClH/c13-9-14-7-2-1-6-12(14)10-4-3-5-11(15)8-10;/h1-8H,9H2;1H. The van der Waals surface area contributed by atoms with E-state index in [0.717, 1.165) is 11.3 Å². The van der Waals surface area contributed by atoms with Crippen LogP contribution in [0.3, 0.4) is 0 Å². The molecule has 0 spiro atoms. The summed E-state index contributed by atoms with van der Waals surface area (Å²) >= 11 is 5.82. The third-order valence-electron chi connectivity index (χ3n) is 2.21. The first kappa shape index (κ1) is 12.8. The second kappa shape index (κ2) is 5.73. The number of hydrogen-bond acceptors (Lipinski definition) is 1. The summed E-state index contributed by atoms with van der Waals surface area (Å²) in [6, 6.07) is 13.4. The zero-order chi connectivity index (χ0) is 10.7. The Morgan fingerprint density at radius 3 is 2.62 bits per heavy atom. The minimum absolute atomic E-state index is 0. The molecular formula is C12H11Cl2NO. The van der Waals surface area contributed by atoms with Crippen LogP contribution in [0.25, 0.3) is 11.3 Å². The Bertz CT molecular complexity index is 474.